The van der Waals surface area contributed by atoms with Crippen molar-refractivity contribution in [2.24, 2.45) is 5.92 Å². The Balaban J connectivity index is 2.11. The number of aliphatic carboxylic acids is 1. The predicted molar refractivity (Wildman–Crippen MR) is 77.3 cm³/mol. The second-order valence-corrected chi connectivity index (χ2v) is 5.49. The molecule has 0 saturated heterocycles. The van der Waals surface area contributed by atoms with Crippen LogP contribution >= 0.6 is 0 Å². The first-order chi connectivity index (χ1) is 9.86. The topological polar surface area (TPSA) is 86.7 Å². The van der Waals surface area contributed by atoms with Crippen LogP contribution in [0, 0.1) is 5.92 Å². The third-order valence-corrected chi connectivity index (χ3v) is 3.48. The molecule has 0 bridgehead atoms. The molecule has 112 valence electrons. The van der Waals surface area contributed by atoms with Gasteiger partial charge in [0.1, 0.15) is 0 Å². The largest absolute Gasteiger partial charge is 0.481 e. The van der Waals surface area contributed by atoms with Gasteiger partial charge in [-0.3, -0.25) is 9.59 Å². The summed E-state index contributed by atoms with van der Waals surface area (Å²) in [6.07, 6.45) is 0.183. The van der Waals surface area contributed by atoms with Gasteiger partial charge in [-0.2, -0.15) is 0 Å². The zero-order valence-corrected chi connectivity index (χ0v) is 12.0. The number of carbonyl (C=O) groups excluding carboxylic acids is 2. The van der Waals surface area contributed by atoms with Gasteiger partial charge in [0.25, 0.3) is 0 Å². The fourth-order valence-electron chi connectivity index (χ4n) is 2.36. The van der Waals surface area contributed by atoms with Crippen LogP contribution in [0.3, 0.4) is 0 Å². The van der Waals surface area contributed by atoms with Crippen LogP contribution < -0.4 is 5.32 Å². The zero-order chi connectivity index (χ0) is 15.6. The average Bonchev–Trinajstić information content (AvgIpc) is 2.38. The summed E-state index contributed by atoms with van der Waals surface area (Å²) in [5, 5.41) is 11.5. The Hall–Kier alpha value is -2.37. The zero-order valence-electron chi connectivity index (χ0n) is 12.0. The van der Waals surface area contributed by atoms with E-state index in [2.05, 4.69) is 5.32 Å². The standard InChI is InChI=1S/C15H18N2O4/c1-9(6-14(19)20)5-13(18)10-3-4-12-11(7-10)8-17(2)15(21)16-12/h3-4,7,9H,5-6,8H2,1-2H3,(H,16,21)(H,19,20). The van der Waals surface area contributed by atoms with Crippen LogP contribution in [0.4, 0.5) is 10.5 Å². The van der Waals surface area contributed by atoms with Crippen LogP contribution in [-0.2, 0) is 11.3 Å². The van der Waals surface area contributed by atoms with Crippen molar-refractivity contribution in [2.45, 2.75) is 26.3 Å². The van der Waals surface area contributed by atoms with E-state index in [0.29, 0.717) is 17.8 Å². The molecule has 0 spiro atoms. The normalized spacial score (nSPS) is 15.1. The Morgan fingerprint density at radius 2 is 2.10 bits per heavy atom. The lowest BCUT2D eigenvalue weighted by Gasteiger charge is -2.26. The van der Waals surface area contributed by atoms with E-state index >= 15 is 0 Å². The molecule has 0 aliphatic carbocycles. The quantitative estimate of drug-likeness (QED) is 0.815. The number of Topliss-reactive ketones (excluding diaryl/α,β-unsaturated/α-hetero) is 1. The maximum atomic E-state index is 12.2. The third-order valence-electron chi connectivity index (χ3n) is 3.48. The molecule has 1 aliphatic rings. The van der Waals surface area contributed by atoms with E-state index in [-0.39, 0.29) is 30.6 Å². The molecule has 1 heterocycles. The van der Waals surface area contributed by atoms with Gasteiger partial charge in [0.15, 0.2) is 5.78 Å². The van der Waals surface area contributed by atoms with Gasteiger partial charge in [0.05, 0.1) is 0 Å². The van der Waals surface area contributed by atoms with Gasteiger partial charge in [-0.05, 0) is 29.7 Å². The van der Waals surface area contributed by atoms with Crippen molar-refractivity contribution >= 4 is 23.5 Å². The molecule has 1 unspecified atom stereocenters. The number of ketones is 1. The van der Waals surface area contributed by atoms with Crippen LogP contribution in [0.1, 0.15) is 35.7 Å². The maximum absolute atomic E-state index is 12.2. The van der Waals surface area contributed by atoms with Crippen molar-refractivity contribution in [2.75, 3.05) is 12.4 Å². The number of carboxylic acid groups (broad SMARTS) is 1. The van der Waals surface area contributed by atoms with Crippen LogP contribution in [0.15, 0.2) is 18.2 Å². The SMILES string of the molecule is CC(CC(=O)O)CC(=O)c1ccc2c(c1)CN(C)C(=O)N2. The van der Waals surface area contributed by atoms with Crippen LogP contribution in [0.2, 0.25) is 0 Å². The van der Waals surface area contributed by atoms with E-state index in [9.17, 15) is 14.4 Å². The summed E-state index contributed by atoms with van der Waals surface area (Å²) in [6, 6.07) is 4.98. The Morgan fingerprint density at radius 1 is 1.38 bits per heavy atom. The molecule has 1 aromatic carbocycles. The minimum Gasteiger partial charge on any atom is -0.481 e. The minimum atomic E-state index is -0.898. The smallest absolute Gasteiger partial charge is 0.321 e. The monoisotopic (exact) mass is 290 g/mol. The molecule has 0 radical (unpaired) electrons. The average molecular weight is 290 g/mol. The highest BCUT2D eigenvalue weighted by atomic mass is 16.4. The molecule has 21 heavy (non-hydrogen) atoms. The molecule has 1 aromatic rings. The summed E-state index contributed by atoms with van der Waals surface area (Å²) in [5.41, 5.74) is 2.15. The molecule has 1 aliphatic heterocycles. The fourth-order valence-corrected chi connectivity index (χ4v) is 2.36. The summed E-state index contributed by atoms with van der Waals surface area (Å²) in [4.78, 5) is 35.9. The predicted octanol–water partition coefficient (Wildman–Crippen LogP) is 2.35. The van der Waals surface area contributed by atoms with E-state index in [0.717, 1.165) is 5.56 Å². The summed E-state index contributed by atoms with van der Waals surface area (Å²) in [6.45, 7) is 2.20. The van der Waals surface area contributed by atoms with Crippen LogP contribution in [0.25, 0.3) is 0 Å². The van der Waals surface area contributed by atoms with Crippen molar-refractivity contribution in [3.05, 3.63) is 29.3 Å². The Kier molecular flexibility index (Phi) is 4.26. The number of hydrogen-bond acceptors (Lipinski definition) is 3. The number of rotatable bonds is 5. The summed E-state index contributed by atoms with van der Waals surface area (Å²) < 4.78 is 0. The van der Waals surface area contributed by atoms with Crippen molar-refractivity contribution in [3.63, 3.8) is 0 Å². The molecule has 0 saturated carbocycles. The van der Waals surface area contributed by atoms with Gasteiger partial charge in [-0.15, -0.1) is 0 Å². The number of fused-ring (bicyclic) bond motifs is 1. The molecule has 6 heteroatoms. The highest BCUT2D eigenvalue weighted by Crippen LogP contribution is 2.25. The Morgan fingerprint density at radius 3 is 2.76 bits per heavy atom. The number of urea groups is 1. The summed E-state index contributed by atoms with van der Waals surface area (Å²) in [7, 11) is 1.68. The summed E-state index contributed by atoms with van der Waals surface area (Å²) >= 11 is 0. The van der Waals surface area contributed by atoms with Gasteiger partial charge < -0.3 is 15.3 Å². The lowest BCUT2D eigenvalue weighted by Crippen LogP contribution is -2.35. The van der Waals surface area contributed by atoms with E-state index in [4.69, 9.17) is 5.11 Å². The van der Waals surface area contributed by atoms with Gasteiger partial charge in [-0.1, -0.05) is 6.92 Å². The molecule has 2 amide bonds. The van der Waals surface area contributed by atoms with E-state index < -0.39 is 5.97 Å². The number of hydrogen-bond donors (Lipinski definition) is 2. The molecule has 2 rings (SSSR count). The first-order valence-corrected chi connectivity index (χ1v) is 6.77. The van der Waals surface area contributed by atoms with Crippen LogP contribution in [-0.4, -0.2) is 34.8 Å². The van der Waals surface area contributed by atoms with Gasteiger partial charge >= 0.3 is 12.0 Å². The molecule has 1 atom stereocenters. The van der Waals surface area contributed by atoms with E-state index in [1.54, 1.807) is 32.2 Å². The molecule has 0 fully saturated rings. The van der Waals surface area contributed by atoms with Crippen molar-refractivity contribution in [1.82, 2.24) is 4.90 Å². The summed E-state index contributed by atoms with van der Waals surface area (Å²) in [5.74, 6) is -1.18. The lowest BCUT2D eigenvalue weighted by atomic mass is 9.95. The maximum Gasteiger partial charge on any atom is 0.321 e. The first-order valence-electron chi connectivity index (χ1n) is 6.77. The second kappa shape index (κ2) is 5.95. The number of carboxylic acids is 1. The molecule has 0 aromatic heterocycles. The number of benzene rings is 1. The van der Waals surface area contributed by atoms with Gasteiger partial charge in [0, 0.05) is 37.7 Å². The molecular weight excluding hydrogens is 272 g/mol. The van der Waals surface area contributed by atoms with Crippen LogP contribution in [0.5, 0.6) is 0 Å². The van der Waals surface area contributed by atoms with Crippen molar-refractivity contribution < 1.29 is 19.5 Å². The number of carbonyl (C=O) groups is 3. The minimum absolute atomic E-state index is 0.0184. The van der Waals surface area contributed by atoms with E-state index in [1.165, 1.54) is 4.90 Å². The second-order valence-electron chi connectivity index (χ2n) is 5.49. The molecule has 2 N–H and O–H groups in total. The molecular formula is C15H18N2O4. The van der Waals surface area contributed by atoms with Gasteiger partial charge in [-0.25, -0.2) is 4.79 Å². The highest BCUT2D eigenvalue weighted by Gasteiger charge is 2.21. The fraction of sp³-hybridized carbons (Fsp3) is 0.400. The van der Waals surface area contributed by atoms with Crippen molar-refractivity contribution in [3.8, 4) is 0 Å². The third kappa shape index (κ3) is 3.59. The Bertz CT molecular complexity index is 597. The highest BCUT2D eigenvalue weighted by molar-refractivity contribution is 5.98. The first kappa shape index (κ1) is 15.0. The molecule has 6 nitrogen and oxygen atoms in total. The number of anilines is 1. The lowest BCUT2D eigenvalue weighted by molar-refractivity contribution is -0.137. The Labute approximate surface area is 122 Å². The van der Waals surface area contributed by atoms with Crippen molar-refractivity contribution in [1.29, 1.82) is 0 Å². The van der Waals surface area contributed by atoms with Gasteiger partial charge in [0.2, 0.25) is 0 Å². The number of amides is 2. The number of nitrogens with one attached hydrogen (secondary N) is 1. The van der Waals surface area contributed by atoms with E-state index in [1.807, 2.05) is 0 Å². The number of nitrogens with zero attached hydrogens (tertiary/aromatic N) is 1.